The molecule has 5 rings (SSSR count). The van der Waals surface area contributed by atoms with Crippen LogP contribution < -0.4 is 0 Å². The number of aliphatic hydroxyl groups is 1. The summed E-state index contributed by atoms with van der Waals surface area (Å²) >= 11 is 0. The van der Waals surface area contributed by atoms with E-state index in [1.54, 1.807) is 0 Å². The third-order valence-electron chi connectivity index (χ3n) is 11.7. The van der Waals surface area contributed by atoms with Crippen LogP contribution in [-0.2, 0) is 14.3 Å². The van der Waals surface area contributed by atoms with Crippen LogP contribution in [0.2, 0.25) is 0 Å². The third kappa shape index (κ3) is 4.06. The number of carbonyl (C=O) groups excluding carboxylic acids is 2. The molecular formula is C35H48O4. The molecule has 1 spiro atoms. The van der Waals surface area contributed by atoms with Crippen molar-refractivity contribution in [3.8, 4) is 0 Å². The summed E-state index contributed by atoms with van der Waals surface area (Å²) in [5.74, 6) is 0.647. The maximum Gasteiger partial charge on any atom is 0.346 e. The van der Waals surface area contributed by atoms with Gasteiger partial charge in [0.15, 0.2) is 5.60 Å². The average Bonchev–Trinajstić information content (AvgIpc) is 3.10. The molecule has 0 amide bonds. The fourth-order valence-corrected chi connectivity index (χ4v) is 9.25. The lowest BCUT2D eigenvalue weighted by atomic mass is 9.48. The predicted octanol–water partition coefficient (Wildman–Crippen LogP) is 7.93. The molecule has 0 aromatic carbocycles. The Morgan fingerprint density at radius 2 is 1.64 bits per heavy atom. The number of fused-ring (bicyclic) bond motifs is 4. The van der Waals surface area contributed by atoms with Crippen LogP contribution in [0.25, 0.3) is 0 Å². The van der Waals surface area contributed by atoms with Gasteiger partial charge in [0.2, 0.25) is 5.78 Å². The highest BCUT2D eigenvalue weighted by Gasteiger charge is 2.63. The van der Waals surface area contributed by atoms with Crippen molar-refractivity contribution in [2.45, 2.75) is 87.2 Å². The van der Waals surface area contributed by atoms with Crippen LogP contribution >= 0.6 is 0 Å². The molecule has 11 unspecified atom stereocenters. The molecule has 4 nitrogen and oxygen atoms in total. The Bertz CT molecular complexity index is 1230. The number of carbonyl (C=O) groups is 2. The number of hydrogen-bond acceptors (Lipinski definition) is 4. The molecule has 212 valence electrons. The zero-order valence-corrected chi connectivity index (χ0v) is 25.4. The Hall–Kier alpha value is -2.36. The molecule has 2 bridgehead atoms. The zero-order chi connectivity index (χ0) is 28.6. The minimum absolute atomic E-state index is 0.0348. The smallest absolute Gasteiger partial charge is 0.346 e. The number of hydrogen-bond donors (Lipinski definition) is 1. The molecule has 1 saturated carbocycles. The molecule has 1 N–H and O–H groups in total. The molecule has 0 aromatic rings. The summed E-state index contributed by atoms with van der Waals surface area (Å²) < 4.78 is 6.20. The first-order chi connectivity index (χ1) is 18.2. The molecule has 11 atom stereocenters. The Labute approximate surface area is 235 Å². The van der Waals surface area contributed by atoms with Crippen molar-refractivity contribution in [3.05, 3.63) is 58.4 Å². The fraction of sp³-hybridized carbons (Fsp3) is 0.657. The quantitative estimate of drug-likeness (QED) is 0.195. The van der Waals surface area contributed by atoms with Crippen LogP contribution in [0.15, 0.2) is 58.4 Å². The lowest BCUT2D eigenvalue weighted by molar-refractivity contribution is -0.157. The SMILES string of the molecule is CC1=CC(C)C2/C=C(\C)C(C)C/C=C(\C)C3C=CC4C(C)C(C)CC(C)C4C3(C)/C(O)=C3\C(=O)OC2(C1)C3=O. The monoisotopic (exact) mass is 532 g/mol. The second-order valence-corrected chi connectivity index (χ2v) is 14.2. The molecule has 5 aliphatic rings. The van der Waals surface area contributed by atoms with Gasteiger partial charge in [-0.2, -0.15) is 0 Å². The largest absolute Gasteiger partial charge is 0.511 e. The summed E-state index contributed by atoms with van der Waals surface area (Å²) in [6, 6.07) is 0. The maximum absolute atomic E-state index is 14.6. The molecule has 1 heterocycles. The maximum atomic E-state index is 14.6. The second-order valence-electron chi connectivity index (χ2n) is 14.2. The van der Waals surface area contributed by atoms with Crippen molar-refractivity contribution in [1.29, 1.82) is 0 Å². The number of rotatable bonds is 0. The predicted molar refractivity (Wildman–Crippen MR) is 156 cm³/mol. The van der Waals surface area contributed by atoms with E-state index in [1.807, 2.05) is 6.92 Å². The van der Waals surface area contributed by atoms with E-state index in [-0.39, 0.29) is 52.6 Å². The first kappa shape index (κ1) is 28.2. The van der Waals surface area contributed by atoms with E-state index in [0.717, 1.165) is 18.4 Å². The van der Waals surface area contributed by atoms with Crippen LogP contribution in [0.4, 0.5) is 0 Å². The van der Waals surface area contributed by atoms with Gasteiger partial charge >= 0.3 is 5.97 Å². The Balaban J connectivity index is 1.79. The standard InChI is InChI=1S/C35H48O4/c1-18-14-23(6)28-16-21(4)19(2)10-11-20(3)27-13-12-26-25(8)22(5)15-24(7)30(26)34(27,9)31(36)29-32(37)35(28,17-18)39-33(29)38/h11-14,16,19,22-28,30,36H,10,15,17H2,1-9H3/b20-11+,21-16+,31-29+. The highest BCUT2D eigenvalue weighted by Crippen LogP contribution is 2.61. The van der Waals surface area contributed by atoms with Gasteiger partial charge in [-0.1, -0.05) is 88.6 Å². The van der Waals surface area contributed by atoms with Crippen molar-refractivity contribution < 1.29 is 19.4 Å². The summed E-state index contributed by atoms with van der Waals surface area (Å²) in [6.07, 6.45) is 13.7. The van der Waals surface area contributed by atoms with Crippen molar-refractivity contribution in [1.82, 2.24) is 0 Å². The topological polar surface area (TPSA) is 63.6 Å². The summed E-state index contributed by atoms with van der Waals surface area (Å²) in [5, 5.41) is 12.4. The lowest BCUT2D eigenvalue weighted by Gasteiger charge is -2.56. The van der Waals surface area contributed by atoms with Gasteiger partial charge < -0.3 is 9.84 Å². The van der Waals surface area contributed by atoms with Gasteiger partial charge in [-0.15, -0.1) is 0 Å². The van der Waals surface area contributed by atoms with E-state index in [1.165, 1.54) is 11.1 Å². The minimum atomic E-state index is -1.30. The second kappa shape index (κ2) is 9.63. The summed E-state index contributed by atoms with van der Waals surface area (Å²) in [7, 11) is 0. The van der Waals surface area contributed by atoms with Crippen LogP contribution in [0.5, 0.6) is 0 Å². The van der Waals surface area contributed by atoms with Gasteiger partial charge in [0.1, 0.15) is 11.3 Å². The number of esters is 1. The highest BCUT2D eigenvalue weighted by molar-refractivity contribution is 6.26. The number of aliphatic hydroxyl groups excluding tert-OH is 1. The highest BCUT2D eigenvalue weighted by atomic mass is 16.6. The van der Waals surface area contributed by atoms with Crippen molar-refractivity contribution >= 4 is 11.8 Å². The Morgan fingerprint density at radius 3 is 2.33 bits per heavy atom. The molecule has 1 aliphatic heterocycles. The summed E-state index contributed by atoms with van der Waals surface area (Å²) in [5.41, 5.74) is 1.26. The van der Waals surface area contributed by atoms with Gasteiger partial charge in [-0.05, 0) is 75.0 Å². The van der Waals surface area contributed by atoms with Gasteiger partial charge in [0, 0.05) is 23.7 Å². The van der Waals surface area contributed by atoms with Crippen LogP contribution in [0.1, 0.15) is 81.6 Å². The Morgan fingerprint density at radius 1 is 0.949 bits per heavy atom. The van der Waals surface area contributed by atoms with Crippen LogP contribution in [-0.4, -0.2) is 22.5 Å². The van der Waals surface area contributed by atoms with E-state index >= 15 is 0 Å². The molecule has 0 aromatic heterocycles. The average molecular weight is 533 g/mol. The van der Waals surface area contributed by atoms with Crippen molar-refractivity contribution in [2.24, 2.45) is 58.7 Å². The summed E-state index contributed by atoms with van der Waals surface area (Å²) in [6.45, 7) is 19.7. The van der Waals surface area contributed by atoms with Gasteiger partial charge in [-0.25, -0.2) is 4.79 Å². The fourth-order valence-electron chi connectivity index (χ4n) is 9.25. The number of Topliss-reactive ketones (excluding diaryl/α,β-unsaturated/α-hetero) is 1. The Kier molecular flexibility index (Phi) is 6.96. The van der Waals surface area contributed by atoms with Gasteiger partial charge in [0.25, 0.3) is 0 Å². The van der Waals surface area contributed by atoms with Crippen molar-refractivity contribution in [2.75, 3.05) is 0 Å². The molecule has 39 heavy (non-hydrogen) atoms. The third-order valence-corrected chi connectivity index (χ3v) is 11.7. The van der Waals surface area contributed by atoms with E-state index < -0.39 is 17.0 Å². The lowest BCUT2D eigenvalue weighted by Crippen LogP contribution is -2.52. The zero-order valence-electron chi connectivity index (χ0n) is 25.4. The van der Waals surface area contributed by atoms with Gasteiger partial charge in [0.05, 0.1) is 0 Å². The van der Waals surface area contributed by atoms with Crippen LogP contribution in [0.3, 0.4) is 0 Å². The number of ketones is 1. The van der Waals surface area contributed by atoms with E-state index in [4.69, 9.17) is 4.74 Å². The minimum Gasteiger partial charge on any atom is -0.511 e. The summed E-state index contributed by atoms with van der Waals surface area (Å²) in [4.78, 5) is 28.3. The molecular weight excluding hydrogens is 484 g/mol. The van der Waals surface area contributed by atoms with E-state index in [9.17, 15) is 14.7 Å². The van der Waals surface area contributed by atoms with E-state index in [0.29, 0.717) is 24.2 Å². The van der Waals surface area contributed by atoms with E-state index in [2.05, 4.69) is 85.8 Å². The molecule has 4 heteroatoms. The molecule has 4 aliphatic carbocycles. The van der Waals surface area contributed by atoms with Crippen LogP contribution in [0, 0.1) is 58.7 Å². The van der Waals surface area contributed by atoms with Gasteiger partial charge in [-0.3, -0.25) is 4.79 Å². The first-order valence-corrected chi connectivity index (χ1v) is 15.2. The molecule has 0 radical (unpaired) electrons. The molecule has 1 saturated heterocycles. The number of ether oxygens (including phenoxy) is 1. The van der Waals surface area contributed by atoms with Crippen molar-refractivity contribution in [3.63, 3.8) is 0 Å². The normalized spacial score (nSPS) is 50.9. The molecule has 2 fully saturated rings. The number of allylic oxidation sites excluding steroid dienone is 7. The first-order valence-electron chi connectivity index (χ1n) is 15.2.